The lowest BCUT2D eigenvalue weighted by Gasteiger charge is -2.10. The highest BCUT2D eigenvalue weighted by atomic mass is 32.1. The molecule has 3 heterocycles. The highest BCUT2D eigenvalue weighted by Crippen LogP contribution is 2.31. The van der Waals surface area contributed by atoms with Crippen molar-refractivity contribution in [3.8, 4) is 16.5 Å². The average Bonchev–Trinajstić information content (AvgIpc) is 3.21. The van der Waals surface area contributed by atoms with Crippen molar-refractivity contribution in [3.05, 3.63) is 67.8 Å². The fourth-order valence-corrected chi connectivity index (χ4v) is 3.95. The molecule has 162 valence electrons. The van der Waals surface area contributed by atoms with Gasteiger partial charge in [0.05, 0.1) is 21.6 Å². The van der Waals surface area contributed by atoms with Crippen molar-refractivity contribution in [1.29, 1.82) is 0 Å². The first kappa shape index (κ1) is 20.9. The monoisotopic (exact) mass is 453 g/mol. The number of carboxylic acids is 1. The predicted octanol–water partition coefficient (Wildman–Crippen LogP) is 1.56. The SMILES string of the molecule is Cc1nn(CC(=O)Nc2ccsc2-c2nc(C(=O)O)c(O)c(=O)[nH]2)c(=O)c2ccccc12. The van der Waals surface area contributed by atoms with Crippen molar-refractivity contribution in [1.82, 2.24) is 19.7 Å². The minimum atomic E-state index is -1.57. The van der Waals surface area contributed by atoms with Crippen LogP contribution in [-0.4, -0.2) is 41.8 Å². The number of amides is 1. The third-order valence-corrected chi connectivity index (χ3v) is 5.52. The zero-order chi connectivity index (χ0) is 23.0. The summed E-state index contributed by atoms with van der Waals surface area (Å²) in [4.78, 5) is 54.7. The van der Waals surface area contributed by atoms with Gasteiger partial charge < -0.3 is 20.5 Å². The number of aromatic carboxylic acids is 1. The number of carbonyl (C=O) groups is 2. The van der Waals surface area contributed by atoms with E-state index in [4.69, 9.17) is 5.11 Å². The fourth-order valence-electron chi connectivity index (χ4n) is 3.15. The number of carbonyl (C=O) groups excluding carboxylic acids is 1. The van der Waals surface area contributed by atoms with Crippen LogP contribution in [0.5, 0.6) is 5.75 Å². The number of benzene rings is 1. The second-order valence-corrected chi connectivity index (χ2v) is 7.64. The smallest absolute Gasteiger partial charge is 0.358 e. The minimum Gasteiger partial charge on any atom is -0.501 e. The van der Waals surface area contributed by atoms with Gasteiger partial charge in [-0.1, -0.05) is 18.2 Å². The molecule has 4 aromatic rings. The van der Waals surface area contributed by atoms with E-state index in [1.807, 2.05) is 0 Å². The predicted molar refractivity (Wildman–Crippen MR) is 116 cm³/mol. The third kappa shape index (κ3) is 3.74. The van der Waals surface area contributed by atoms with Crippen molar-refractivity contribution >= 4 is 39.7 Å². The summed E-state index contributed by atoms with van der Waals surface area (Å²) in [5, 5.41) is 28.3. The van der Waals surface area contributed by atoms with Crippen molar-refractivity contribution in [2.45, 2.75) is 13.5 Å². The van der Waals surface area contributed by atoms with Gasteiger partial charge in [0.2, 0.25) is 11.7 Å². The first-order valence-corrected chi connectivity index (χ1v) is 10.0. The number of aromatic nitrogens is 4. The zero-order valence-electron chi connectivity index (χ0n) is 16.4. The van der Waals surface area contributed by atoms with Crippen molar-refractivity contribution in [2.75, 3.05) is 5.32 Å². The summed E-state index contributed by atoms with van der Waals surface area (Å²) in [7, 11) is 0. The summed E-state index contributed by atoms with van der Waals surface area (Å²) in [5.41, 5.74) is -1.41. The normalized spacial score (nSPS) is 10.9. The molecule has 4 rings (SSSR count). The van der Waals surface area contributed by atoms with Crippen molar-refractivity contribution < 1.29 is 19.8 Å². The first-order chi connectivity index (χ1) is 15.3. The summed E-state index contributed by atoms with van der Waals surface area (Å²) in [5.74, 6) is -3.28. The van der Waals surface area contributed by atoms with Crippen LogP contribution in [0, 0.1) is 6.92 Å². The Hall–Kier alpha value is -4.32. The highest BCUT2D eigenvalue weighted by molar-refractivity contribution is 7.14. The van der Waals surface area contributed by atoms with Crippen molar-refractivity contribution in [3.63, 3.8) is 0 Å². The Bertz CT molecular complexity index is 1500. The fraction of sp³-hybridized carbons (Fsp3) is 0.100. The number of hydrogen-bond donors (Lipinski definition) is 4. The molecule has 0 bridgehead atoms. The van der Waals surface area contributed by atoms with E-state index in [0.29, 0.717) is 16.5 Å². The molecule has 0 spiro atoms. The number of aryl methyl sites for hydroxylation is 1. The Morgan fingerprint density at radius 2 is 1.91 bits per heavy atom. The molecule has 0 unspecified atom stereocenters. The summed E-state index contributed by atoms with van der Waals surface area (Å²) in [6.45, 7) is 1.37. The van der Waals surface area contributed by atoms with Gasteiger partial charge in [0.25, 0.3) is 11.1 Å². The van der Waals surface area contributed by atoms with Gasteiger partial charge in [-0.2, -0.15) is 5.10 Å². The molecule has 0 saturated carbocycles. The molecule has 0 saturated heterocycles. The number of aromatic hydroxyl groups is 1. The largest absolute Gasteiger partial charge is 0.501 e. The molecule has 0 fully saturated rings. The van der Waals surface area contributed by atoms with E-state index >= 15 is 0 Å². The Balaban J connectivity index is 1.64. The van der Waals surface area contributed by atoms with Crippen LogP contribution in [0.4, 0.5) is 5.69 Å². The van der Waals surface area contributed by atoms with Gasteiger partial charge in [-0.3, -0.25) is 14.4 Å². The summed E-state index contributed by atoms with van der Waals surface area (Å²) in [6.07, 6.45) is 0. The Labute approximate surface area is 182 Å². The number of anilines is 1. The number of nitrogens with one attached hydrogen (secondary N) is 2. The lowest BCUT2D eigenvalue weighted by molar-refractivity contribution is -0.117. The maximum atomic E-state index is 12.7. The molecule has 0 aliphatic carbocycles. The van der Waals surface area contributed by atoms with Gasteiger partial charge in [0.15, 0.2) is 11.5 Å². The lowest BCUT2D eigenvalue weighted by atomic mass is 10.1. The van der Waals surface area contributed by atoms with Crippen LogP contribution in [0.1, 0.15) is 16.2 Å². The van der Waals surface area contributed by atoms with E-state index in [2.05, 4.69) is 20.4 Å². The molecule has 12 heteroatoms. The summed E-state index contributed by atoms with van der Waals surface area (Å²) in [6, 6.07) is 8.49. The molecule has 4 N–H and O–H groups in total. The van der Waals surface area contributed by atoms with Crippen molar-refractivity contribution in [2.24, 2.45) is 0 Å². The number of carboxylic acid groups (broad SMARTS) is 1. The second kappa shape index (κ2) is 8.07. The maximum absolute atomic E-state index is 12.7. The van der Waals surface area contributed by atoms with E-state index in [0.717, 1.165) is 16.0 Å². The van der Waals surface area contributed by atoms with E-state index in [-0.39, 0.29) is 22.9 Å². The van der Waals surface area contributed by atoms with Crippen LogP contribution in [0.25, 0.3) is 21.5 Å². The summed E-state index contributed by atoms with van der Waals surface area (Å²) >= 11 is 1.09. The van der Waals surface area contributed by atoms with Gasteiger partial charge in [-0.15, -0.1) is 11.3 Å². The number of nitrogens with zero attached hydrogens (tertiary/aromatic N) is 3. The number of H-pyrrole nitrogens is 1. The average molecular weight is 453 g/mol. The molecule has 0 atom stereocenters. The molecule has 1 amide bonds. The van der Waals surface area contributed by atoms with Gasteiger partial charge in [0.1, 0.15) is 6.54 Å². The first-order valence-electron chi connectivity index (χ1n) is 9.17. The maximum Gasteiger partial charge on any atom is 0.358 e. The van der Waals surface area contributed by atoms with Crippen LogP contribution in [0.3, 0.4) is 0 Å². The topological polar surface area (TPSA) is 167 Å². The summed E-state index contributed by atoms with van der Waals surface area (Å²) < 4.78 is 1.06. The van der Waals surface area contributed by atoms with Crippen LogP contribution >= 0.6 is 11.3 Å². The van der Waals surface area contributed by atoms with Gasteiger partial charge in [0, 0.05) is 5.39 Å². The van der Waals surface area contributed by atoms with Crippen LogP contribution in [0.2, 0.25) is 0 Å². The number of hydrogen-bond acceptors (Lipinski definition) is 8. The second-order valence-electron chi connectivity index (χ2n) is 6.72. The number of aromatic amines is 1. The zero-order valence-corrected chi connectivity index (χ0v) is 17.3. The lowest BCUT2D eigenvalue weighted by Crippen LogP contribution is -2.30. The number of rotatable bonds is 5. The third-order valence-electron chi connectivity index (χ3n) is 4.60. The molecule has 0 radical (unpaired) electrons. The molecule has 3 aromatic heterocycles. The van der Waals surface area contributed by atoms with E-state index in [1.165, 1.54) is 6.07 Å². The number of thiophene rings is 1. The van der Waals surface area contributed by atoms with E-state index in [1.54, 1.807) is 36.6 Å². The van der Waals surface area contributed by atoms with Crippen LogP contribution in [-0.2, 0) is 11.3 Å². The molecule has 32 heavy (non-hydrogen) atoms. The molecule has 0 aliphatic heterocycles. The standard InChI is InChI=1S/C20H15N5O6S/c1-9-10-4-2-3-5-11(10)19(29)25(24-9)8-13(26)21-12-6-7-32-16(12)17-22-14(20(30)31)15(27)18(28)23-17/h2-7,27H,8H2,1H3,(H,21,26)(H,30,31)(H,22,23,28). The molecule has 11 nitrogen and oxygen atoms in total. The molecule has 1 aromatic carbocycles. The Morgan fingerprint density at radius 1 is 1.19 bits per heavy atom. The Kier molecular flexibility index (Phi) is 5.28. The molecular formula is C20H15N5O6S. The van der Waals surface area contributed by atoms with Crippen LogP contribution < -0.4 is 16.4 Å². The van der Waals surface area contributed by atoms with Gasteiger partial charge in [-0.25, -0.2) is 14.5 Å². The van der Waals surface area contributed by atoms with Crippen LogP contribution in [0.15, 0.2) is 45.3 Å². The highest BCUT2D eigenvalue weighted by Gasteiger charge is 2.20. The minimum absolute atomic E-state index is 0.132. The quantitative estimate of drug-likeness (QED) is 0.353. The molecular weight excluding hydrogens is 438 g/mol. The molecule has 0 aliphatic rings. The van der Waals surface area contributed by atoms with E-state index < -0.39 is 34.4 Å². The van der Waals surface area contributed by atoms with E-state index in [9.17, 15) is 24.3 Å². The Morgan fingerprint density at radius 3 is 2.62 bits per heavy atom. The van der Waals surface area contributed by atoms with Gasteiger partial charge >= 0.3 is 5.97 Å². The van der Waals surface area contributed by atoms with Gasteiger partial charge in [-0.05, 0) is 24.4 Å². The number of fused-ring (bicyclic) bond motifs is 1.